The van der Waals surface area contributed by atoms with Gasteiger partial charge in [0, 0.05) is 6.92 Å². The molecule has 0 bridgehead atoms. The van der Waals surface area contributed by atoms with Gasteiger partial charge in [-0.05, 0) is 17.5 Å². The van der Waals surface area contributed by atoms with Gasteiger partial charge in [-0.3, -0.25) is 4.79 Å². The van der Waals surface area contributed by atoms with Crippen LogP contribution in [-0.4, -0.2) is 13.1 Å². The smallest absolute Gasteiger partial charge is 0.308 e. The average Bonchev–Trinajstić information content (AvgIpc) is 2.36. The van der Waals surface area contributed by atoms with Crippen molar-refractivity contribution < 1.29 is 27.4 Å². The number of hydrogen-bond donors (Lipinski definition) is 0. The minimum absolute atomic E-state index is 0.101. The van der Waals surface area contributed by atoms with Crippen molar-refractivity contribution in [2.75, 3.05) is 7.11 Å². The van der Waals surface area contributed by atoms with Crippen molar-refractivity contribution in [1.29, 1.82) is 0 Å². The van der Waals surface area contributed by atoms with E-state index in [9.17, 15) is 18.0 Å². The summed E-state index contributed by atoms with van der Waals surface area (Å²) in [5, 5.41) is -0.485. The van der Waals surface area contributed by atoms with Crippen LogP contribution in [0.4, 0.5) is 13.2 Å². The van der Waals surface area contributed by atoms with E-state index in [0.717, 1.165) is 19.1 Å². The van der Waals surface area contributed by atoms with Crippen LogP contribution in [0.3, 0.4) is 0 Å². The highest BCUT2D eigenvalue weighted by Gasteiger charge is 2.20. The van der Waals surface area contributed by atoms with E-state index in [1.165, 1.54) is 13.2 Å². The summed E-state index contributed by atoms with van der Waals surface area (Å²) < 4.78 is 50.5. The van der Waals surface area contributed by atoms with Crippen LogP contribution in [-0.2, 0) is 4.79 Å². The van der Waals surface area contributed by atoms with Crippen LogP contribution in [0, 0.1) is 17.5 Å². The number of halogens is 3. The average molecular weight is 270 g/mol. The zero-order chi connectivity index (χ0) is 14.2. The van der Waals surface area contributed by atoms with Crippen LogP contribution in [0.25, 0.3) is 10.8 Å². The highest BCUT2D eigenvalue weighted by atomic mass is 19.2. The van der Waals surface area contributed by atoms with Gasteiger partial charge in [0.25, 0.3) is 0 Å². The predicted octanol–water partition coefficient (Wildman–Crippen LogP) is 3.19. The Labute approximate surface area is 106 Å². The monoisotopic (exact) mass is 270 g/mol. The summed E-state index contributed by atoms with van der Waals surface area (Å²) in [6.45, 7) is 1.08. The zero-order valence-corrected chi connectivity index (χ0v) is 10.1. The number of fused-ring (bicyclic) bond motifs is 1. The predicted molar refractivity (Wildman–Crippen MR) is 61.7 cm³/mol. The second-order valence-corrected chi connectivity index (χ2v) is 3.78. The molecule has 0 aliphatic heterocycles. The van der Waals surface area contributed by atoms with E-state index in [1.807, 2.05) is 0 Å². The van der Waals surface area contributed by atoms with E-state index in [4.69, 9.17) is 0 Å². The van der Waals surface area contributed by atoms with E-state index < -0.39 is 34.6 Å². The van der Waals surface area contributed by atoms with E-state index in [-0.39, 0.29) is 11.1 Å². The first kappa shape index (κ1) is 13.2. The van der Waals surface area contributed by atoms with Crippen molar-refractivity contribution in [2.45, 2.75) is 6.92 Å². The number of hydrogen-bond acceptors (Lipinski definition) is 3. The number of carbonyl (C=O) groups is 1. The zero-order valence-electron chi connectivity index (χ0n) is 10.1. The molecule has 2 aromatic carbocycles. The molecule has 6 heteroatoms. The van der Waals surface area contributed by atoms with Gasteiger partial charge < -0.3 is 9.47 Å². The summed E-state index contributed by atoms with van der Waals surface area (Å²) >= 11 is 0. The molecule has 0 aliphatic carbocycles. The second kappa shape index (κ2) is 4.79. The minimum Gasteiger partial charge on any atom is -0.494 e. The summed E-state index contributed by atoms with van der Waals surface area (Å²) in [4.78, 5) is 10.8. The van der Waals surface area contributed by atoms with E-state index in [0.29, 0.717) is 0 Å². The van der Waals surface area contributed by atoms with Crippen LogP contribution in [0.5, 0.6) is 11.5 Å². The maximum atomic E-state index is 14.0. The lowest BCUT2D eigenvalue weighted by molar-refractivity contribution is -0.132. The fraction of sp³-hybridized carbons (Fsp3) is 0.154. The summed E-state index contributed by atoms with van der Waals surface area (Å²) in [6, 6.07) is 3.63. The Morgan fingerprint density at radius 1 is 1.05 bits per heavy atom. The maximum absolute atomic E-state index is 14.0. The summed E-state index contributed by atoms with van der Waals surface area (Å²) in [6.07, 6.45) is 0. The molecule has 100 valence electrons. The molecule has 0 atom stereocenters. The third kappa shape index (κ3) is 2.21. The van der Waals surface area contributed by atoms with Gasteiger partial charge in [-0.15, -0.1) is 0 Å². The minimum atomic E-state index is -1.39. The highest BCUT2D eigenvalue weighted by molar-refractivity contribution is 5.87. The summed E-state index contributed by atoms with van der Waals surface area (Å²) in [7, 11) is 1.17. The fourth-order valence-corrected chi connectivity index (χ4v) is 1.72. The normalized spacial score (nSPS) is 10.6. The Kier molecular flexibility index (Phi) is 3.33. The Balaban J connectivity index is 2.75. The fourth-order valence-electron chi connectivity index (χ4n) is 1.72. The lowest BCUT2D eigenvalue weighted by atomic mass is 10.1. The number of benzene rings is 2. The lowest BCUT2D eigenvalue weighted by Crippen LogP contribution is -2.04. The summed E-state index contributed by atoms with van der Waals surface area (Å²) in [5.41, 5.74) is 0. The quantitative estimate of drug-likeness (QED) is 0.621. The van der Waals surface area contributed by atoms with Gasteiger partial charge >= 0.3 is 5.97 Å². The molecular formula is C13H9F3O3. The number of rotatable bonds is 2. The number of carbonyl (C=O) groups excluding carboxylic acids is 1. The van der Waals surface area contributed by atoms with E-state index in [1.54, 1.807) is 0 Å². The van der Waals surface area contributed by atoms with Crippen molar-refractivity contribution in [1.82, 2.24) is 0 Å². The van der Waals surface area contributed by atoms with Gasteiger partial charge in [0.05, 0.1) is 12.5 Å². The molecule has 3 nitrogen and oxygen atoms in total. The molecular weight excluding hydrogens is 261 g/mol. The Bertz CT molecular complexity index is 668. The van der Waals surface area contributed by atoms with Crippen molar-refractivity contribution in [3.05, 3.63) is 35.7 Å². The molecule has 0 N–H and O–H groups in total. The number of ether oxygens (including phenoxy) is 2. The number of esters is 1. The molecule has 19 heavy (non-hydrogen) atoms. The SMILES string of the molecule is COc1cc2ccc(OC(C)=O)c(F)c2c(F)c1F. The van der Waals surface area contributed by atoms with Gasteiger partial charge in [-0.25, -0.2) is 8.78 Å². The molecule has 0 radical (unpaired) electrons. The van der Waals surface area contributed by atoms with E-state index >= 15 is 0 Å². The lowest BCUT2D eigenvalue weighted by Gasteiger charge is -2.09. The standard InChI is InChI=1S/C13H9F3O3/c1-6(17)19-8-4-3-7-5-9(18-2)12(15)13(16)10(7)11(8)14/h3-5H,1-2H3. The molecule has 0 aromatic heterocycles. The third-order valence-corrected chi connectivity index (χ3v) is 2.53. The van der Waals surface area contributed by atoms with E-state index in [2.05, 4.69) is 9.47 Å². The molecule has 0 aliphatic rings. The topological polar surface area (TPSA) is 35.5 Å². The van der Waals surface area contributed by atoms with Gasteiger partial charge in [-0.2, -0.15) is 4.39 Å². The molecule has 0 spiro atoms. The maximum Gasteiger partial charge on any atom is 0.308 e. The third-order valence-electron chi connectivity index (χ3n) is 2.53. The molecule has 0 unspecified atom stereocenters. The molecule has 0 amide bonds. The van der Waals surface area contributed by atoms with Crippen LogP contribution >= 0.6 is 0 Å². The molecule has 2 rings (SSSR count). The Morgan fingerprint density at radius 3 is 2.32 bits per heavy atom. The molecule has 0 heterocycles. The van der Waals surface area contributed by atoms with Gasteiger partial charge in [0.1, 0.15) is 0 Å². The van der Waals surface area contributed by atoms with Crippen molar-refractivity contribution in [3.8, 4) is 11.5 Å². The molecule has 0 saturated carbocycles. The van der Waals surface area contributed by atoms with Gasteiger partial charge in [0.15, 0.2) is 23.1 Å². The highest BCUT2D eigenvalue weighted by Crippen LogP contribution is 2.33. The summed E-state index contributed by atoms with van der Waals surface area (Å²) in [5.74, 6) is -5.36. The largest absolute Gasteiger partial charge is 0.494 e. The first-order chi connectivity index (χ1) is 8.95. The van der Waals surface area contributed by atoms with Crippen LogP contribution < -0.4 is 9.47 Å². The Hall–Kier alpha value is -2.24. The van der Waals surface area contributed by atoms with Crippen molar-refractivity contribution in [2.24, 2.45) is 0 Å². The van der Waals surface area contributed by atoms with Gasteiger partial charge in [-0.1, -0.05) is 6.07 Å². The molecule has 0 saturated heterocycles. The first-order valence-electron chi connectivity index (χ1n) is 5.28. The van der Waals surface area contributed by atoms with Crippen LogP contribution in [0.1, 0.15) is 6.92 Å². The second-order valence-electron chi connectivity index (χ2n) is 3.78. The first-order valence-corrected chi connectivity index (χ1v) is 5.28. The van der Waals surface area contributed by atoms with Gasteiger partial charge in [0.2, 0.25) is 5.82 Å². The van der Waals surface area contributed by atoms with Crippen molar-refractivity contribution >= 4 is 16.7 Å². The van der Waals surface area contributed by atoms with Crippen molar-refractivity contribution in [3.63, 3.8) is 0 Å². The molecule has 2 aromatic rings. The number of methoxy groups -OCH3 is 1. The van der Waals surface area contributed by atoms with Crippen LogP contribution in [0.15, 0.2) is 18.2 Å². The Morgan fingerprint density at radius 2 is 1.74 bits per heavy atom. The van der Waals surface area contributed by atoms with Crippen LogP contribution in [0.2, 0.25) is 0 Å². The molecule has 0 fully saturated rings.